The van der Waals surface area contributed by atoms with Crippen LogP contribution in [0.3, 0.4) is 0 Å². The maximum absolute atomic E-state index is 12.1. The number of halogens is 1. The average molecular weight is 298 g/mol. The molecule has 0 saturated heterocycles. The monoisotopic (exact) mass is 297 g/mol. The molecule has 110 valence electrons. The van der Waals surface area contributed by atoms with E-state index in [9.17, 15) is 4.79 Å². The Hall–Kier alpha value is -1.33. The van der Waals surface area contributed by atoms with Crippen molar-refractivity contribution in [3.8, 4) is 5.88 Å². The number of nitrogens with zero attached hydrogens (tertiary/aromatic N) is 1. The molecule has 1 aliphatic rings. The molecule has 1 fully saturated rings. The predicted molar refractivity (Wildman–Crippen MR) is 77.8 cm³/mol. The topological polar surface area (TPSA) is 77.2 Å². The molecular formula is C14H20ClN3O2. The number of nitrogens with two attached hydrogens (primary N) is 1. The number of hydrogen-bond donors (Lipinski definition) is 2. The lowest BCUT2D eigenvalue weighted by molar-refractivity contribution is -0.127. The number of aromatic nitrogens is 1. The number of pyridine rings is 1. The molecule has 0 radical (unpaired) electrons. The Balaban J connectivity index is 1.70. The fraction of sp³-hybridized carbons (Fsp3) is 0.571. The van der Waals surface area contributed by atoms with Crippen LogP contribution < -0.4 is 15.8 Å². The standard InChI is InChI=1S/C14H20ClN3O2/c15-11-4-5-12(18-10-11)20-9-8-17-13(19)14(16)6-2-1-3-7-14/h4-5,10H,1-3,6-9,16H2,(H,17,19). The number of ether oxygens (including phenoxy) is 1. The molecule has 3 N–H and O–H groups in total. The summed E-state index contributed by atoms with van der Waals surface area (Å²) in [5, 5.41) is 3.39. The molecule has 1 aliphatic carbocycles. The van der Waals surface area contributed by atoms with Gasteiger partial charge in [-0.15, -0.1) is 0 Å². The number of nitrogens with one attached hydrogen (secondary N) is 1. The maximum atomic E-state index is 12.1. The van der Waals surface area contributed by atoms with Crippen LogP contribution in [0.2, 0.25) is 5.02 Å². The van der Waals surface area contributed by atoms with Crippen LogP contribution in [0, 0.1) is 0 Å². The Morgan fingerprint density at radius 1 is 1.40 bits per heavy atom. The third-order valence-electron chi connectivity index (χ3n) is 3.54. The highest BCUT2D eigenvalue weighted by atomic mass is 35.5. The summed E-state index contributed by atoms with van der Waals surface area (Å²) in [5.74, 6) is 0.411. The van der Waals surface area contributed by atoms with E-state index in [4.69, 9.17) is 22.1 Å². The number of amides is 1. The van der Waals surface area contributed by atoms with Crippen LogP contribution in [-0.4, -0.2) is 29.6 Å². The number of hydrogen-bond acceptors (Lipinski definition) is 4. The van der Waals surface area contributed by atoms with Gasteiger partial charge in [-0.25, -0.2) is 4.98 Å². The second-order valence-electron chi connectivity index (χ2n) is 5.14. The number of carbonyl (C=O) groups is 1. The fourth-order valence-electron chi connectivity index (χ4n) is 2.35. The molecule has 0 aromatic carbocycles. The van der Waals surface area contributed by atoms with Gasteiger partial charge in [-0.2, -0.15) is 0 Å². The number of carbonyl (C=O) groups excluding carboxylic acids is 1. The van der Waals surface area contributed by atoms with Crippen molar-refractivity contribution < 1.29 is 9.53 Å². The van der Waals surface area contributed by atoms with E-state index in [2.05, 4.69) is 10.3 Å². The molecule has 0 spiro atoms. The van der Waals surface area contributed by atoms with Crippen LogP contribution in [0.25, 0.3) is 0 Å². The van der Waals surface area contributed by atoms with Crippen molar-refractivity contribution in [2.24, 2.45) is 5.73 Å². The Labute approximate surface area is 123 Å². The minimum absolute atomic E-state index is 0.0788. The van der Waals surface area contributed by atoms with Gasteiger partial charge >= 0.3 is 0 Å². The molecule has 1 aromatic heterocycles. The highest BCUT2D eigenvalue weighted by molar-refractivity contribution is 6.30. The van der Waals surface area contributed by atoms with E-state index in [1.54, 1.807) is 12.1 Å². The van der Waals surface area contributed by atoms with Gasteiger partial charge in [0.2, 0.25) is 11.8 Å². The van der Waals surface area contributed by atoms with Gasteiger partial charge in [-0.3, -0.25) is 4.79 Å². The lowest BCUT2D eigenvalue weighted by atomic mass is 9.82. The molecule has 0 bridgehead atoms. The highest BCUT2D eigenvalue weighted by Gasteiger charge is 2.34. The quantitative estimate of drug-likeness (QED) is 0.814. The van der Waals surface area contributed by atoms with Crippen molar-refractivity contribution in [2.45, 2.75) is 37.6 Å². The van der Waals surface area contributed by atoms with Gasteiger partial charge in [-0.1, -0.05) is 30.9 Å². The summed E-state index contributed by atoms with van der Waals surface area (Å²) >= 11 is 5.73. The minimum atomic E-state index is -0.698. The maximum Gasteiger partial charge on any atom is 0.240 e. The molecule has 1 amide bonds. The third kappa shape index (κ3) is 4.08. The fourth-order valence-corrected chi connectivity index (χ4v) is 2.47. The van der Waals surface area contributed by atoms with Crippen LogP contribution in [0.1, 0.15) is 32.1 Å². The molecule has 1 heterocycles. The van der Waals surface area contributed by atoms with Crippen molar-refractivity contribution in [2.75, 3.05) is 13.2 Å². The Bertz CT molecular complexity index is 444. The normalized spacial score (nSPS) is 17.5. The Morgan fingerprint density at radius 2 is 2.15 bits per heavy atom. The minimum Gasteiger partial charge on any atom is -0.476 e. The molecule has 1 aromatic rings. The van der Waals surface area contributed by atoms with Crippen LogP contribution in [0.15, 0.2) is 18.3 Å². The van der Waals surface area contributed by atoms with Crippen molar-refractivity contribution in [3.63, 3.8) is 0 Å². The molecule has 5 nitrogen and oxygen atoms in total. The van der Waals surface area contributed by atoms with Crippen LogP contribution in [0.5, 0.6) is 5.88 Å². The highest BCUT2D eigenvalue weighted by Crippen LogP contribution is 2.25. The van der Waals surface area contributed by atoms with E-state index in [-0.39, 0.29) is 5.91 Å². The summed E-state index contributed by atoms with van der Waals surface area (Å²) in [4.78, 5) is 16.1. The molecule has 0 aliphatic heterocycles. The van der Waals surface area contributed by atoms with Gasteiger partial charge < -0.3 is 15.8 Å². The summed E-state index contributed by atoms with van der Waals surface area (Å²) in [7, 11) is 0. The van der Waals surface area contributed by atoms with Gasteiger partial charge in [0, 0.05) is 12.3 Å². The largest absolute Gasteiger partial charge is 0.476 e. The van der Waals surface area contributed by atoms with Crippen molar-refractivity contribution in [1.82, 2.24) is 10.3 Å². The van der Waals surface area contributed by atoms with E-state index in [0.29, 0.717) is 24.1 Å². The first kappa shape index (κ1) is 15.1. The predicted octanol–water partition coefficient (Wildman–Crippen LogP) is 1.89. The van der Waals surface area contributed by atoms with E-state index in [0.717, 1.165) is 32.1 Å². The van der Waals surface area contributed by atoms with Gasteiger partial charge in [-0.05, 0) is 18.9 Å². The van der Waals surface area contributed by atoms with E-state index < -0.39 is 5.54 Å². The molecular weight excluding hydrogens is 278 g/mol. The lowest BCUT2D eigenvalue weighted by Crippen LogP contribution is -2.55. The van der Waals surface area contributed by atoms with Crippen molar-refractivity contribution >= 4 is 17.5 Å². The third-order valence-corrected chi connectivity index (χ3v) is 3.76. The first-order valence-corrected chi connectivity index (χ1v) is 7.29. The van der Waals surface area contributed by atoms with E-state index in [1.165, 1.54) is 6.20 Å². The van der Waals surface area contributed by atoms with Crippen molar-refractivity contribution in [1.29, 1.82) is 0 Å². The average Bonchev–Trinajstić information content (AvgIpc) is 2.46. The van der Waals surface area contributed by atoms with Crippen LogP contribution in [0.4, 0.5) is 0 Å². The molecule has 2 rings (SSSR count). The van der Waals surface area contributed by atoms with Crippen LogP contribution >= 0.6 is 11.6 Å². The van der Waals surface area contributed by atoms with E-state index in [1.807, 2.05) is 0 Å². The second-order valence-corrected chi connectivity index (χ2v) is 5.57. The zero-order valence-electron chi connectivity index (χ0n) is 11.4. The summed E-state index contributed by atoms with van der Waals surface area (Å²) < 4.78 is 5.41. The first-order valence-electron chi connectivity index (χ1n) is 6.92. The molecule has 0 atom stereocenters. The Morgan fingerprint density at radius 3 is 2.80 bits per heavy atom. The lowest BCUT2D eigenvalue weighted by Gasteiger charge is -2.31. The number of rotatable bonds is 5. The summed E-state index contributed by atoms with van der Waals surface area (Å²) in [6.45, 7) is 0.776. The SMILES string of the molecule is NC1(C(=O)NCCOc2ccc(Cl)cn2)CCCCC1. The van der Waals surface area contributed by atoms with Gasteiger partial charge in [0.25, 0.3) is 0 Å². The molecule has 1 saturated carbocycles. The Kier molecular flexibility index (Phi) is 5.20. The smallest absolute Gasteiger partial charge is 0.240 e. The molecule has 6 heteroatoms. The zero-order chi connectivity index (χ0) is 14.4. The van der Waals surface area contributed by atoms with Crippen LogP contribution in [-0.2, 0) is 4.79 Å². The molecule has 0 unspecified atom stereocenters. The summed E-state index contributed by atoms with van der Waals surface area (Å²) in [5.41, 5.74) is 5.44. The second kappa shape index (κ2) is 6.90. The summed E-state index contributed by atoms with van der Waals surface area (Å²) in [6, 6.07) is 3.40. The first-order chi connectivity index (χ1) is 9.60. The molecule has 20 heavy (non-hydrogen) atoms. The summed E-state index contributed by atoms with van der Waals surface area (Å²) in [6.07, 6.45) is 6.26. The van der Waals surface area contributed by atoms with E-state index >= 15 is 0 Å². The van der Waals surface area contributed by atoms with Crippen molar-refractivity contribution in [3.05, 3.63) is 23.4 Å². The van der Waals surface area contributed by atoms with Gasteiger partial charge in [0.05, 0.1) is 17.1 Å². The zero-order valence-corrected chi connectivity index (χ0v) is 12.2. The van der Waals surface area contributed by atoms with Gasteiger partial charge in [0.1, 0.15) is 6.61 Å². The van der Waals surface area contributed by atoms with Gasteiger partial charge in [0.15, 0.2) is 0 Å².